The van der Waals surface area contributed by atoms with Gasteiger partial charge >= 0.3 is 5.97 Å². The van der Waals surface area contributed by atoms with Gasteiger partial charge in [-0.2, -0.15) is 0 Å². The Hall–Kier alpha value is -0.530. The molecule has 0 heterocycles. The third-order valence-electron chi connectivity index (χ3n) is 6.65. The zero-order valence-electron chi connectivity index (χ0n) is 20.9. The molecule has 1 atom stereocenters. The quantitative estimate of drug-likeness (QED) is 0.148. The van der Waals surface area contributed by atoms with Crippen molar-refractivity contribution in [1.29, 1.82) is 0 Å². The number of carbonyl (C=O) groups is 1. The normalized spacial score (nSPS) is 12.3. The summed E-state index contributed by atoms with van der Waals surface area (Å²) >= 11 is 0. The molecule has 2 heteroatoms. The van der Waals surface area contributed by atoms with Gasteiger partial charge in [0.2, 0.25) is 0 Å². The van der Waals surface area contributed by atoms with E-state index < -0.39 is 5.97 Å². The Balaban J connectivity index is 3.49. The summed E-state index contributed by atoms with van der Waals surface area (Å²) in [5.41, 5.74) is 0. The zero-order chi connectivity index (χ0) is 22.1. The van der Waals surface area contributed by atoms with Crippen LogP contribution in [0.25, 0.3) is 0 Å². The molecule has 0 aromatic heterocycles. The van der Waals surface area contributed by atoms with Gasteiger partial charge in [-0.25, -0.2) is 0 Å². The highest BCUT2D eigenvalue weighted by Gasteiger charge is 2.12. The predicted molar refractivity (Wildman–Crippen MR) is 133 cm³/mol. The molecule has 0 radical (unpaired) electrons. The number of carboxylic acids is 1. The number of carboxylic acid groups (broad SMARTS) is 1. The maximum absolute atomic E-state index is 11.2. The van der Waals surface area contributed by atoms with E-state index in [9.17, 15) is 9.90 Å². The van der Waals surface area contributed by atoms with Crippen molar-refractivity contribution >= 4 is 5.97 Å². The van der Waals surface area contributed by atoms with Crippen LogP contribution in [0.2, 0.25) is 0 Å². The molecule has 1 unspecified atom stereocenters. The van der Waals surface area contributed by atoms with Crippen LogP contribution in [-0.2, 0) is 4.79 Å². The van der Waals surface area contributed by atoms with Crippen molar-refractivity contribution < 1.29 is 9.90 Å². The van der Waals surface area contributed by atoms with Gasteiger partial charge in [0.25, 0.3) is 0 Å². The van der Waals surface area contributed by atoms with Crippen LogP contribution in [-0.4, -0.2) is 11.1 Å². The van der Waals surface area contributed by atoms with Crippen molar-refractivity contribution in [2.24, 2.45) is 5.92 Å². The van der Waals surface area contributed by atoms with E-state index in [1.807, 2.05) is 0 Å². The summed E-state index contributed by atoms with van der Waals surface area (Å²) in [4.78, 5) is 11.2. The van der Waals surface area contributed by atoms with E-state index in [2.05, 4.69) is 13.8 Å². The molecule has 0 saturated carbocycles. The van der Waals surface area contributed by atoms with E-state index in [4.69, 9.17) is 0 Å². The minimum atomic E-state index is -0.603. The van der Waals surface area contributed by atoms with E-state index >= 15 is 0 Å². The van der Waals surface area contributed by atoms with Crippen LogP contribution in [0.4, 0.5) is 0 Å². The molecule has 0 saturated heterocycles. The molecule has 0 amide bonds. The molecule has 0 bridgehead atoms. The van der Waals surface area contributed by atoms with Gasteiger partial charge in [-0.15, -0.1) is 0 Å². The van der Waals surface area contributed by atoms with Crippen LogP contribution >= 0.6 is 0 Å². The molecule has 2 nitrogen and oxygen atoms in total. The first-order valence-corrected chi connectivity index (χ1v) is 13.9. The second kappa shape index (κ2) is 24.7. The van der Waals surface area contributed by atoms with Crippen molar-refractivity contribution in [3.8, 4) is 0 Å². The van der Waals surface area contributed by atoms with Gasteiger partial charge in [0.1, 0.15) is 0 Å². The summed E-state index contributed by atoms with van der Waals surface area (Å²) in [5.74, 6) is -0.191. The Morgan fingerprint density at radius 2 is 0.767 bits per heavy atom. The van der Waals surface area contributed by atoms with Crippen molar-refractivity contribution in [1.82, 2.24) is 0 Å². The molecule has 30 heavy (non-hydrogen) atoms. The lowest BCUT2D eigenvalue weighted by atomic mass is 9.91. The highest BCUT2D eigenvalue weighted by atomic mass is 16.4. The van der Waals surface area contributed by atoms with Gasteiger partial charge in [-0.05, 0) is 18.8 Å². The molecule has 1 N–H and O–H groups in total. The van der Waals surface area contributed by atoms with Gasteiger partial charge in [-0.3, -0.25) is 4.79 Å². The molecule has 0 aliphatic rings. The molecule has 0 aromatic rings. The highest BCUT2D eigenvalue weighted by Crippen LogP contribution is 2.22. The summed E-state index contributed by atoms with van der Waals surface area (Å²) in [7, 11) is 0. The first-order chi connectivity index (χ1) is 14.7. The largest absolute Gasteiger partial charge is 0.481 e. The fourth-order valence-corrected chi connectivity index (χ4v) is 4.61. The van der Waals surface area contributed by atoms with Gasteiger partial charge in [0, 0.05) is 6.42 Å². The Labute approximate surface area is 190 Å². The second-order valence-electron chi connectivity index (χ2n) is 9.76. The maximum Gasteiger partial charge on any atom is 0.303 e. The van der Waals surface area contributed by atoms with Gasteiger partial charge < -0.3 is 5.11 Å². The smallest absolute Gasteiger partial charge is 0.303 e. The molecule has 0 aliphatic heterocycles. The fraction of sp³-hybridized carbons (Fsp3) is 0.964. The van der Waals surface area contributed by atoms with Crippen molar-refractivity contribution in [3.05, 3.63) is 0 Å². The summed E-state index contributed by atoms with van der Waals surface area (Å²) in [6.07, 6.45) is 31.3. The molecule has 180 valence electrons. The van der Waals surface area contributed by atoms with Gasteiger partial charge in [0.05, 0.1) is 0 Å². The van der Waals surface area contributed by atoms with Crippen LogP contribution in [0.5, 0.6) is 0 Å². The lowest BCUT2D eigenvalue weighted by molar-refractivity contribution is -0.138. The van der Waals surface area contributed by atoms with E-state index in [0.29, 0.717) is 12.3 Å². The number of aliphatic carboxylic acids is 1. The average Bonchev–Trinajstić information content (AvgIpc) is 2.72. The minimum absolute atomic E-state index is 0.383. The molecule has 0 aromatic carbocycles. The molecule has 0 aliphatic carbocycles. The SMILES string of the molecule is CCCCCCCCCCCCCCCCC(CCCCCCCCC)CC(=O)O. The van der Waals surface area contributed by atoms with Gasteiger partial charge in [0.15, 0.2) is 0 Å². The molecular formula is C28H56O2. The van der Waals surface area contributed by atoms with Crippen LogP contribution in [0.1, 0.15) is 168 Å². The standard InChI is InChI=1S/C28H56O2/c1-3-5-7-9-11-12-13-14-15-16-17-19-21-23-25-27(26-28(29)30)24-22-20-18-10-8-6-4-2/h27H,3-26H2,1-2H3,(H,29,30). The average molecular weight is 425 g/mol. The van der Waals surface area contributed by atoms with Crippen molar-refractivity contribution in [2.45, 2.75) is 168 Å². The van der Waals surface area contributed by atoms with E-state index in [1.165, 1.54) is 135 Å². The molecule has 0 rings (SSSR count). The predicted octanol–water partition coefficient (Wildman–Crippen LogP) is 10.1. The Morgan fingerprint density at radius 1 is 0.500 bits per heavy atom. The van der Waals surface area contributed by atoms with Gasteiger partial charge in [-0.1, -0.05) is 149 Å². The molecular weight excluding hydrogens is 368 g/mol. The minimum Gasteiger partial charge on any atom is -0.481 e. The Bertz CT molecular complexity index is 340. The van der Waals surface area contributed by atoms with Crippen molar-refractivity contribution in [2.75, 3.05) is 0 Å². The third-order valence-corrected chi connectivity index (χ3v) is 6.65. The van der Waals surface area contributed by atoms with Crippen LogP contribution < -0.4 is 0 Å². The first-order valence-electron chi connectivity index (χ1n) is 13.9. The highest BCUT2D eigenvalue weighted by molar-refractivity contribution is 5.66. The summed E-state index contributed by atoms with van der Waals surface area (Å²) in [5, 5.41) is 9.20. The number of unbranched alkanes of at least 4 members (excludes halogenated alkanes) is 19. The fourth-order valence-electron chi connectivity index (χ4n) is 4.61. The number of hydrogen-bond acceptors (Lipinski definition) is 1. The van der Waals surface area contributed by atoms with Crippen LogP contribution in [0.3, 0.4) is 0 Å². The molecule has 0 fully saturated rings. The summed E-state index contributed by atoms with van der Waals surface area (Å²) in [6, 6.07) is 0. The monoisotopic (exact) mass is 424 g/mol. The zero-order valence-corrected chi connectivity index (χ0v) is 20.9. The Kier molecular flexibility index (Phi) is 24.3. The second-order valence-corrected chi connectivity index (χ2v) is 9.76. The van der Waals surface area contributed by atoms with E-state index in [1.54, 1.807) is 0 Å². The first kappa shape index (κ1) is 29.5. The summed E-state index contributed by atoms with van der Waals surface area (Å²) < 4.78 is 0. The van der Waals surface area contributed by atoms with Crippen molar-refractivity contribution in [3.63, 3.8) is 0 Å². The Morgan fingerprint density at radius 3 is 1.03 bits per heavy atom. The van der Waals surface area contributed by atoms with Crippen LogP contribution in [0, 0.1) is 5.92 Å². The lowest BCUT2D eigenvalue weighted by Gasteiger charge is -2.14. The maximum atomic E-state index is 11.2. The third kappa shape index (κ3) is 23.7. The van der Waals surface area contributed by atoms with E-state index in [0.717, 1.165) is 12.8 Å². The summed E-state index contributed by atoms with van der Waals surface area (Å²) in [6.45, 7) is 4.54. The van der Waals surface area contributed by atoms with E-state index in [-0.39, 0.29) is 0 Å². The lowest BCUT2D eigenvalue weighted by Crippen LogP contribution is -2.08. The topological polar surface area (TPSA) is 37.3 Å². The number of rotatable bonds is 25. The number of hydrogen-bond donors (Lipinski definition) is 1. The molecule has 0 spiro atoms. The van der Waals surface area contributed by atoms with Crippen LogP contribution in [0.15, 0.2) is 0 Å².